The molecule has 0 saturated heterocycles. The van der Waals surface area contributed by atoms with Crippen LogP contribution in [-0.4, -0.2) is 35.5 Å². The standard InChI is InChI=1S/C19H34O4/c1-3-4-5-8-16(20)13-11-15-12-14-18(21)17(15)9-6-7-10-19(22)23-2/h11,13,15-18,20-21H,3-10,12,14H2,1-2H3/b13-11+/t15-,16?,17-,18+/m0/s1. The van der Waals surface area contributed by atoms with E-state index in [4.69, 9.17) is 0 Å². The van der Waals surface area contributed by atoms with Crippen molar-refractivity contribution in [1.82, 2.24) is 0 Å². The maximum atomic E-state index is 11.1. The molecule has 0 heterocycles. The first-order valence-corrected chi connectivity index (χ1v) is 9.19. The second kappa shape index (κ2) is 11.6. The smallest absolute Gasteiger partial charge is 0.305 e. The molecule has 0 aromatic carbocycles. The molecule has 0 aromatic heterocycles. The summed E-state index contributed by atoms with van der Waals surface area (Å²) in [4.78, 5) is 11.1. The SMILES string of the molecule is CCCCCC(O)/C=C/[C@H]1CC[C@@H](O)[C@H]1CCCCC(=O)OC. The lowest BCUT2D eigenvalue weighted by molar-refractivity contribution is -0.140. The quantitative estimate of drug-likeness (QED) is 0.346. The van der Waals surface area contributed by atoms with Crippen LogP contribution in [0.2, 0.25) is 0 Å². The van der Waals surface area contributed by atoms with Crippen LogP contribution in [0, 0.1) is 11.8 Å². The highest BCUT2D eigenvalue weighted by molar-refractivity contribution is 5.68. The fourth-order valence-electron chi connectivity index (χ4n) is 3.44. The molecule has 1 aliphatic rings. The van der Waals surface area contributed by atoms with Gasteiger partial charge in [-0.15, -0.1) is 0 Å². The Kier molecular flexibility index (Phi) is 10.2. The summed E-state index contributed by atoms with van der Waals surface area (Å²) in [6.07, 6.45) is 12.6. The van der Waals surface area contributed by atoms with Gasteiger partial charge in [-0.3, -0.25) is 4.79 Å². The highest BCUT2D eigenvalue weighted by Gasteiger charge is 2.32. The van der Waals surface area contributed by atoms with E-state index >= 15 is 0 Å². The van der Waals surface area contributed by atoms with Crippen molar-refractivity contribution in [3.63, 3.8) is 0 Å². The predicted octanol–water partition coefficient (Wildman–Crippen LogP) is 3.60. The third-order valence-corrected chi connectivity index (χ3v) is 4.92. The number of allylic oxidation sites excluding steroid dienone is 1. The topological polar surface area (TPSA) is 66.8 Å². The number of esters is 1. The summed E-state index contributed by atoms with van der Waals surface area (Å²) in [5, 5.41) is 20.2. The zero-order valence-electron chi connectivity index (χ0n) is 14.7. The van der Waals surface area contributed by atoms with Gasteiger partial charge in [0.2, 0.25) is 0 Å². The van der Waals surface area contributed by atoms with Crippen LogP contribution in [0.4, 0.5) is 0 Å². The molecule has 0 spiro atoms. The molecule has 0 aromatic rings. The van der Waals surface area contributed by atoms with Crippen molar-refractivity contribution in [1.29, 1.82) is 0 Å². The Balaban J connectivity index is 2.33. The summed E-state index contributed by atoms with van der Waals surface area (Å²) in [6.45, 7) is 2.16. The molecule has 0 radical (unpaired) electrons. The normalized spacial score (nSPS) is 25.8. The van der Waals surface area contributed by atoms with Crippen LogP contribution in [0.5, 0.6) is 0 Å². The van der Waals surface area contributed by atoms with E-state index in [0.29, 0.717) is 12.3 Å². The van der Waals surface area contributed by atoms with Crippen LogP contribution in [0.15, 0.2) is 12.2 Å². The number of ether oxygens (including phenoxy) is 1. The second-order valence-corrected chi connectivity index (χ2v) is 6.74. The van der Waals surface area contributed by atoms with E-state index in [1.165, 1.54) is 13.5 Å². The first kappa shape index (κ1) is 20.2. The number of aliphatic hydroxyl groups is 2. The molecule has 1 saturated carbocycles. The largest absolute Gasteiger partial charge is 0.469 e. The maximum Gasteiger partial charge on any atom is 0.305 e. The number of carbonyl (C=O) groups excluding carboxylic acids is 1. The van der Waals surface area contributed by atoms with E-state index in [9.17, 15) is 15.0 Å². The Bertz CT molecular complexity index is 353. The lowest BCUT2D eigenvalue weighted by atomic mass is 9.88. The summed E-state index contributed by atoms with van der Waals surface area (Å²) in [5.41, 5.74) is 0. The van der Waals surface area contributed by atoms with Gasteiger partial charge >= 0.3 is 5.97 Å². The van der Waals surface area contributed by atoms with Gasteiger partial charge in [-0.1, -0.05) is 44.8 Å². The molecule has 1 unspecified atom stereocenters. The Morgan fingerprint density at radius 1 is 1.26 bits per heavy atom. The minimum Gasteiger partial charge on any atom is -0.469 e. The van der Waals surface area contributed by atoms with Crippen molar-refractivity contribution in [2.45, 2.75) is 83.3 Å². The van der Waals surface area contributed by atoms with Gasteiger partial charge in [0.05, 0.1) is 19.3 Å². The third kappa shape index (κ3) is 7.98. The Morgan fingerprint density at radius 2 is 2.04 bits per heavy atom. The van der Waals surface area contributed by atoms with Crippen LogP contribution < -0.4 is 0 Å². The van der Waals surface area contributed by atoms with Crippen molar-refractivity contribution >= 4 is 5.97 Å². The lowest BCUT2D eigenvalue weighted by Crippen LogP contribution is -2.18. The van der Waals surface area contributed by atoms with Crippen molar-refractivity contribution < 1.29 is 19.7 Å². The molecule has 0 bridgehead atoms. The Hall–Kier alpha value is -0.870. The number of carbonyl (C=O) groups is 1. The van der Waals surface area contributed by atoms with Crippen molar-refractivity contribution in [2.24, 2.45) is 11.8 Å². The molecule has 4 heteroatoms. The summed E-state index contributed by atoms with van der Waals surface area (Å²) in [5.74, 6) is 0.444. The Labute approximate surface area is 140 Å². The van der Waals surface area contributed by atoms with Crippen molar-refractivity contribution in [3.8, 4) is 0 Å². The van der Waals surface area contributed by atoms with Crippen LogP contribution >= 0.6 is 0 Å². The van der Waals surface area contributed by atoms with Crippen LogP contribution in [-0.2, 0) is 9.53 Å². The van der Waals surface area contributed by atoms with Gasteiger partial charge in [-0.05, 0) is 43.9 Å². The minimum absolute atomic E-state index is 0.163. The molecule has 2 N–H and O–H groups in total. The first-order chi connectivity index (χ1) is 11.1. The summed E-state index contributed by atoms with van der Waals surface area (Å²) in [6, 6.07) is 0. The van der Waals surface area contributed by atoms with Crippen LogP contribution in [0.3, 0.4) is 0 Å². The molecule has 4 atom stereocenters. The third-order valence-electron chi connectivity index (χ3n) is 4.92. The van der Waals surface area contributed by atoms with Gasteiger partial charge in [0.25, 0.3) is 0 Å². The number of unbranched alkanes of at least 4 members (excludes halogenated alkanes) is 3. The van der Waals surface area contributed by atoms with Crippen molar-refractivity contribution in [2.75, 3.05) is 7.11 Å². The van der Waals surface area contributed by atoms with E-state index in [0.717, 1.165) is 51.4 Å². The van der Waals surface area contributed by atoms with Gasteiger partial charge in [0.1, 0.15) is 0 Å². The number of methoxy groups -OCH3 is 1. The highest BCUT2D eigenvalue weighted by atomic mass is 16.5. The molecule has 134 valence electrons. The Morgan fingerprint density at radius 3 is 2.74 bits per heavy atom. The monoisotopic (exact) mass is 326 g/mol. The van der Waals surface area contributed by atoms with Gasteiger partial charge in [0, 0.05) is 6.42 Å². The lowest BCUT2D eigenvalue weighted by Gasteiger charge is -2.20. The molecular weight excluding hydrogens is 292 g/mol. The van der Waals surface area contributed by atoms with Gasteiger partial charge in [0.15, 0.2) is 0 Å². The fourth-order valence-corrected chi connectivity index (χ4v) is 3.44. The molecule has 4 nitrogen and oxygen atoms in total. The number of rotatable bonds is 11. The average Bonchev–Trinajstić information content (AvgIpc) is 2.89. The average molecular weight is 326 g/mol. The van der Waals surface area contributed by atoms with E-state index in [-0.39, 0.29) is 24.1 Å². The predicted molar refractivity (Wildman–Crippen MR) is 92.0 cm³/mol. The minimum atomic E-state index is -0.362. The van der Waals surface area contributed by atoms with E-state index in [1.54, 1.807) is 0 Å². The van der Waals surface area contributed by atoms with E-state index in [1.807, 2.05) is 6.08 Å². The zero-order chi connectivity index (χ0) is 17.1. The molecule has 1 fully saturated rings. The van der Waals surface area contributed by atoms with Gasteiger partial charge < -0.3 is 14.9 Å². The number of hydrogen-bond donors (Lipinski definition) is 2. The maximum absolute atomic E-state index is 11.1. The molecule has 0 aliphatic heterocycles. The first-order valence-electron chi connectivity index (χ1n) is 9.19. The highest BCUT2D eigenvalue weighted by Crippen LogP contribution is 2.36. The second-order valence-electron chi connectivity index (χ2n) is 6.74. The molecule has 1 aliphatic carbocycles. The van der Waals surface area contributed by atoms with Gasteiger partial charge in [-0.2, -0.15) is 0 Å². The molecular formula is C19H34O4. The summed E-state index contributed by atoms with van der Waals surface area (Å²) in [7, 11) is 1.41. The number of hydrogen-bond acceptors (Lipinski definition) is 4. The van der Waals surface area contributed by atoms with E-state index in [2.05, 4.69) is 17.7 Å². The van der Waals surface area contributed by atoms with Crippen LogP contribution in [0.25, 0.3) is 0 Å². The number of aliphatic hydroxyl groups excluding tert-OH is 2. The van der Waals surface area contributed by atoms with E-state index < -0.39 is 0 Å². The molecule has 23 heavy (non-hydrogen) atoms. The molecule has 1 rings (SSSR count). The zero-order valence-corrected chi connectivity index (χ0v) is 14.7. The van der Waals surface area contributed by atoms with Gasteiger partial charge in [-0.25, -0.2) is 0 Å². The van der Waals surface area contributed by atoms with Crippen molar-refractivity contribution in [3.05, 3.63) is 12.2 Å². The summed E-state index contributed by atoms with van der Waals surface area (Å²) < 4.78 is 4.64. The van der Waals surface area contributed by atoms with Crippen LogP contribution in [0.1, 0.15) is 71.1 Å². The fraction of sp³-hybridized carbons (Fsp3) is 0.842. The molecule has 0 amide bonds. The summed E-state index contributed by atoms with van der Waals surface area (Å²) >= 11 is 0.